The maximum atomic E-state index is 11.5. The van der Waals surface area contributed by atoms with Crippen LogP contribution in [0.4, 0.5) is 0 Å². The fraction of sp³-hybridized carbons (Fsp3) is 0.552. The summed E-state index contributed by atoms with van der Waals surface area (Å²) in [5.74, 6) is -0.0965. The van der Waals surface area contributed by atoms with Crippen molar-refractivity contribution in [1.82, 2.24) is 9.80 Å². The lowest BCUT2D eigenvalue weighted by atomic mass is 9.93. The summed E-state index contributed by atoms with van der Waals surface area (Å²) in [7, 11) is 0. The average molecular weight is 482 g/mol. The van der Waals surface area contributed by atoms with E-state index in [1.807, 2.05) is 12.1 Å². The molecular formula is C29H43N3O3. The largest absolute Gasteiger partial charge is 0.508 e. The molecule has 3 rings (SSSR count). The third kappa shape index (κ3) is 9.28. The summed E-state index contributed by atoms with van der Waals surface area (Å²) < 4.78 is 0. The van der Waals surface area contributed by atoms with Gasteiger partial charge in [0.2, 0.25) is 5.91 Å². The number of hydrogen-bond donors (Lipinski definition) is 3. The lowest BCUT2D eigenvalue weighted by Gasteiger charge is -2.36. The van der Waals surface area contributed by atoms with Crippen LogP contribution < -0.4 is 5.73 Å². The van der Waals surface area contributed by atoms with Crippen LogP contribution in [0.3, 0.4) is 0 Å². The Balaban J connectivity index is 1.62. The molecule has 2 aromatic carbocycles. The second kappa shape index (κ2) is 14.2. The molecule has 0 atom stereocenters. The zero-order valence-corrected chi connectivity index (χ0v) is 21.3. The minimum absolute atomic E-state index is 0.151. The van der Waals surface area contributed by atoms with Crippen LogP contribution >= 0.6 is 0 Å². The number of benzene rings is 2. The Morgan fingerprint density at radius 2 is 1.69 bits per heavy atom. The average Bonchev–Trinajstić information content (AvgIpc) is 2.86. The number of primary amides is 1. The summed E-state index contributed by atoms with van der Waals surface area (Å²) in [4.78, 5) is 16.5. The van der Waals surface area contributed by atoms with Gasteiger partial charge in [-0.1, -0.05) is 55.2 Å². The number of aliphatic hydroxyl groups excluding tert-OH is 1. The molecule has 192 valence electrons. The highest BCUT2D eigenvalue weighted by atomic mass is 16.3. The normalized spacial score (nSPS) is 14.6. The predicted octanol–water partition coefficient (Wildman–Crippen LogP) is 3.79. The minimum atomic E-state index is -0.248. The Morgan fingerprint density at radius 1 is 0.943 bits per heavy atom. The van der Waals surface area contributed by atoms with Crippen molar-refractivity contribution in [3.8, 4) is 5.75 Å². The number of rotatable bonds is 14. The van der Waals surface area contributed by atoms with Gasteiger partial charge in [-0.25, -0.2) is 0 Å². The van der Waals surface area contributed by atoms with Gasteiger partial charge in [0.25, 0.3) is 0 Å². The van der Waals surface area contributed by atoms with Crippen molar-refractivity contribution in [2.45, 2.75) is 70.9 Å². The fourth-order valence-corrected chi connectivity index (χ4v) is 5.15. The SMILES string of the molecule is Cc1cccc(CCN(CCC(N)=O)CCN(CCc2ccc(O)c(CO)c2)C2CCCCC2)c1. The van der Waals surface area contributed by atoms with Crippen LogP contribution in [-0.2, 0) is 24.2 Å². The van der Waals surface area contributed by atoms with Crippen LogP contribution in [0.25, 0.3) is 0 Å². The van der Waals surface area contributed by atoms with Crippen molar-refractivity contribution in [1.29, 1.82) is 0 Å². The van der Waals surface area contributed by atoms with Crippen molar-refractivity contribution in [2.24, 2.45) is 5.73 Å². The maximum absolute atomic E-state index is 11.5. The van der Waals surface area contributed by atoms with Crippen molar-refractivity contribution >= 4 is 5.91 Å². The third-order valence-electron chi connectivity index (χ3n) is 7.27. The van der Waals surface area contributed by atoms with Gasteiger partial charge in [-0.3, -0.25) is 9.69 Å². The van der Waals surface area contributed by atoms with E-state index in [1.54, 1.807) is 6.07 Å². The molecule has 4 N–H and O–H groups in total. The number of aryl methyl sites for hydroxylation is 1. The van der Waals surface area contributed by atoms with Crippen LogP contribution in [0.5, 0.6) is 5.75 Å². The molecule has 1 aliphatic rings. The van der Waals surface area contributed by atoms with E-state index >= 15 is 0 Å². The van der Waals surface area contributed by atoms with Crippen LogP contribution in [0.2, 0.25) is 0 Å². The van der Waals surface area contributed by atoms with Gasteiger partial charge < -0.3 is 20.8 Å². The summed E-state index contributed by atoms with van der Waals surface area (Å²) in [5.41, 5.74) is 9.79. The van der Waals surface area contributed by atoms with Gasteiger partial charge in [-0.2, -0.15) is 0 Å². The number of carbonyl (C=O) groups is 1. The molecule has 0 aliphatic heterocycles. The van der Waals surface area contributed by atoms with Gasteiger partial charge in [0, 0.05) is 50.7 Å². The number of aromatic hydroxyl groups is 1. The molecule has 6 heteroatoms. The van der Waals surface area contributed by atoms with E-state index in [0.29, 0.717) is 24.6 Å². The van der Waals surface area contributed by atoms with Crippen molar-refractivity contribution in [2.75, 3.05) is 32.7 Å². The molecule has 0 heterocycles. The Labute approximate surface area is 210 Å². The third-order valence-corrected chi connectivity index (χ3v) is 7.27. The maximum Gasteiger partial charge on any atom is 0.218 e. The highest BCUT2D eigenvalue weighted by Crippen LogP contribution is 2.24. The second-order valence-corrected chi connectivity index (χ2v) is 10.00. The molecule has 1 fully saturated rings. The van der Waals surface area contributed by atoms with Gasteiger partial charge in [0.1, 0.15) is 5.75 Å². The summed E-state index contributed by atoms with van der Waals surface area (Å²) in [6.07, 6.45) is 8.60. The Morgan fingerprint density at radius 3 is 2.40 bits per heavy atom. The van der Waals surface area contributed by atoms with E-state index in [2.05, 4.69) is 41.0 Å². The van der Waals surface area contributed by atoms with Gasteiger partial charge in [-0.15, -0.1) is 0 Å². The summed E-state index contributed by atoms with van der Waals surface area (Å²) in [5, 5.41) is 19.4. The lowest BCUT2D eigenvalue weighted by Crippen LogP contribution is -2.44. The van der Waals surface area contributed by atoms with E-state index in [1.165, 1.54) is 43.2 Å². The minimum Gasteiger partial charge on any atom is -0.508 e. The molecule has 1 amide bonds. The summed E-state index contributed by atoms with van der Waals surface area (Å²) >= 11 is 0. The molecule has 0 aromatic heterocycles. The van der Waals surface area contributed by atoms with Gasteiger partial charge in [0.15, 0.2) is 0 Å². The second-order valence-electron chi connectivity index (χ2n) is 10.00. The zero-order chi connectivity index (χ0) is 25.0. The molecule has 2 aromatic rings. The van der Waals surface area contributed by atoms with Crippen molar-refractivity contribution < 1.29 is 15.0 Å². The van der Waals surface area contributed by atoms with Crippen LogP contribution in [0.1, 0.15) is 60.8 Å². The van der Waals surface area contributed by atoms with Crippen LogP contribution in [0.15, 0.2) is 42.5 Å². The first-order chi connectivity index (χ1) is 16.9. The van der Waals surface area contributed by atoms with Gasteiger partial charge in [0.05, 0.1) is 6.61 Å². The summed E-state index contributed by atoms with van der Waals surface area (Å²) in [6, 6.07) is 14.8. The number of amides is 1. The Hall–Kier alpha value is -2.41. The standard InChI is InChI=1S/C29H43N3O3/c1-23-6-5-7-24(20-23)12-15-31(16-14-29(30)35)18-19-32(27-8-3-2-4-9-27)17-13-25-10-11-28(34)26(21-25)22-33/h5-7,10-11,20-21,27,33-34H,2-4,8-9,12-19,22H2,1H3,(H2,30,35). The lowest BCUT2D eigenvalue weighted by molar-refractivity contribution is -0.118. The van der Waals surface area contributed by atoms with Crippen LogP contribution in [-0.4, -0.2) is 64.7 Å². The molecule has 0 saturated heterocycles. The number of nitrogens with two attached hydrogens (primary N) is 1. The van der Waals surface area contributed by atoms with E-state index in [0.717, 1.165) is 44.6 Å². The van der Waals surface area contributed by atoms with E-state index in [9.17, 15) is 15.0 Å². The molecule has 1 saturated carbocycles. The quantitative estimate of drug-likeness (QED) is 0.382. The first kappa shape index (κ1) is 27.2. The highest BCUT2D eigenvalue weighted by molar-refractivity contribution is 5.73. The van der Waals surface area contributed by atoms with Gasteiger partial charge >= 0.3 is 0 Å². The van der Waals surface area contributed by atoms with Gasteiger partial charge in [-0.05, 0) is 55.9 Å². The molecular weight excluding hydrogens is 438 g/mol. The van der Waals surface area contributed by atoms with Crippen molar-refractivity contribution in [3.63, 3.8) is 0 Å². The number of hydrogen-bond acceptors (Lipinski definition) is 5. The van der Waals surface area contributed by atoms with E-state index in [4.69, 9.17) is 5.73 Å². The zero-order valence-electron chi connectivity index (χ0n) is 21.3. The Bertz CT molecular complexity index is 927. The molecule has 1 aliphatic carbocycles. The number of aliphatic hydroxyl groups is 1. The van der Waals surface area contributed by atoms with Crippen LogP contribution in [0, 0.1) is 6.92 Å². The van der Waals surface area contributed by atoms with E-state index < -0.39 is 0 Å². The fourth-order valence-electron chi connectivity index (χ4n) is 5.15. The number of carbonyl (C=O) groups excluding carboxylic acids is 1. The molecule has 6 nitrogen and oxygen atoms in total. The number of phenols is 1. The van der Waals surface area contributed by atoms with E-state index in [-0.39, 0.29) is 18.3 Å². The smallest absolute Gasteiger partial charge is 0.218 e. The first-order valence-corrected chi connectivity index (χ1v) is 13.2. The summed E-state index contributed by atoms with van der Waals surface area (Å²) in [6.45, 7) is 6.39. The molecule has 0 spiro atoms. The molecule has 0 unspecified atom stereocenters. The monoisotopic (exact) mass is 481 g/mol. The first-order valence-electron chi connectivity index (χ1n) is 13.2. The highest BCUT2D eigenvalue weighted by Gasteiger charge is 2.22. The van der Waals surface area contributed by atoms with Crippen molar-refractivity contribution in [3.05, 3.63) is 64.7 Å². The topological polar surface area (TPSA) is 90.0 Å². The number of nitrogens with zero attached hydrogens (tertiary/aromatic N) is 2. The molecule has 35 heavy (non-hydrogen) atoms. The Kier molecular flexibility index (Phi) is 11.0. The molecule has 0 bridgehead atoms. The predicted molar refractivity (Wildman–Crippen MR) is 141 cm³/mol. The molecule has 0 radical (unpaired) electrons.